The number of oxime groups is 2. The summed E-state index contributed by atoms with van der Waals surface area (Å²) in [6.07, 6.45) is 1.88. The Morgan fingerprint density at radius 1 is 1.15 bits per heavy atom. The molecule has 7 heteroatoms. The predicted molar refractivity (Wildman–Crippen MR) is 105 cm³/mol. The van der Waals surface area contributed by atoms with Crippen LogP contribution in [0, 0.1) is 0 Å². The predicted octanol–water partition coefficient (Wildman–Crippen LogP) is 3.71. The van der Waals surface area contributed by atoms with Crippen molar-refractivity contribution in [2.75, 3.05) is 21.3 Å². The monoisotopic (exact) mass is 374 g/mol. The minimum Gasteiger partial charge on any atom is -0.503 e. The van der Waals surface area contributed by atoms with Crippen molar-refractivity contribution in [3.63, 3.8) is 0 Å². The maximum Gasteiger partial charge on any atom is 0.341 e. The smallest absolute Gasteiger partial charge is 0.341 e. The first kappa shape index (κ1) is 22.0. The number of hydrogen-bond donors (Lipinski definition) is 0. The minimum atomic E-state index is -0.500. The van der Waals surface area contributed by atoms with Crippen LogP contribution in [0.15, 0.2) is 53.0 Å². The van der Waals surface area contributed by atoms with E-state index >= 15 is 0 Å². The second-order valence-electron chi connectivity index (χ2n) is 5.72. The van der Waals surface area contributed by atoms with Crippen LogP contribution in [-0.4, -0.2) is 38.7 Å². The maximum absolute atomic E-state index is 12.0. The molecule has 0 atom stereocenters. The molecule has 1 rings (SSSR count). The molecule has 1 aromatic rings. The summed E-state index contributed by atoms with van der Waals surface area (Å²) in [5.74, 6) is -0.500. The highest BCUT2D eigenvalue weighted by atomic mass is 16.6. The Morgan fingerprint density at radius 2 is 1.85 bits per heavy atom. The van der Waals surface area contributed by atoms with Crippen molar-refractivity contribution < 1.29 is 23.9 Å². The van der Waals surface area contributed by atoms with Gasteiger partial charge in [-0.25, -0.2) is 4.79 Å². The van der Waals surface area contributed by atoms with Gasteiger partial charge in [0.15, 0.2) is 0 Å². The number of benzene rings is 1. The first-order chi connectivity index (χ1) is 12.9. The number of nitrogens with zero attached hydrogens (tertiary/aromatic N) is 2. The van der Waals surface area contributed by atoms with Crippen LogP contribution in [-0.2, 0) is 30.6 Å². The lowest BCUT2D eigenvalue weighted by atomic mass is 10.0. The van der Waals surface area contributed by atoms with Gasteiger partial charge in [0.25, 0.3) is 0 Å². The summed E-state index contributed by atoms with van der Waals surface area (Å²) in [6.45, 7) is 7.69. The zero-order valence-corrected chi connectivity index (χ0v) is 16.4. The van der Waals surface area contributed by atoms with E-state index in [9.17, 15) is 4.79 Å². The van der Waals surface area contributed by atoms with Gasteiger partial charge in [-0.2, -0.15) is 0 Å². The van der Waals surface area contributed by atoms with Crippen LogP contribution >= 0.6 is 0 Å². The molecule has 27 heavy (non-hydrogen) atoms. The standard InChI is InChI=1S/C20H26N2O5/c1-14(2)11-19(22-26-6)15(3)21-27-12-16-9-7-8-10-17(16)18(13-24-4)20(23)25-5/h7-10,13H,1,11-12H2,2-6H3/b18-13+,21-15+,22-19+. The molecule has 0 fully saturated rings. The molecular weight excluding hydrogens is 348 g/mol. The lowest BCUT2D eigenvalue weighted by Gasteiger charge is -2.11. The lowest BCUT2D eigenvalue weighted by molar-refractivity contribution is -0.133. The Hall–Kier alpha value is -3.09. The number of hydrogen-bond acceptors (Lipinski definition) is 7. The Morgan fingerprint density at radius 3 is 2.44 bits per heavy atom. The fraction of sp³-hybridized carbons (Fsp3) is 0.350. The van der Waals surface area contributed by atoms with E-state index in [1.54, 1.807) is 13.0 Å². The zero-order chi connectivity index (χ0) is 20.2. The van der Waals surface area contributed by atoms with Gasteiger partial charge in [0.05, 0.1) is 20.5 Å². The molecular formula is C20H26N2O5. The molecule has 0 N–H and O–H groups in total. The number of carbonyl (C=O) groups excluding carboxylic acids is 1. The van der Waals surface area contributed by atoms with Crippen LogP contribution in [0.4, 0.5) is 0 Å². The average Bonchev–Trinajstić information content (AvgIpc) is 2.65. The summed E-state index contributed by atoms with van der Waals surface area (Å²) in [7, 11) is 4.25. The lowest BCUT2D eigenvalue weighted by Crippen LogP contribution is -2.12. The molecule has 0 heterocycles. The van der Waals surface area contributed by atoms with Gasteiger partial charge in [-0.3, -0.25) is 0 Å². The van der Waals surface area contributed by atoms with Crippen molar-refractivity contribution in [2.45, 2.75) is 26.9 Å². The molecule has 0 aliphatic rings. The van der Waals surface area contributed by atoms with Gasteiger partial charge in [0, 0.05) is 12.0 Å². The summed E-state index contributed by atoms with van der Waals surface area (Å²) in [5, 5.41) is 8.05. The summed E-state index contributed by atoms with van der Waals surface area (Å²) >= 11 is 0. The molecule has 0 saturated heterocycles. The van der Waals surface area contributed by atoms with E-state index in [4.69, 9.17) is 19.1 Å². The minimum absolute atomic E-state index is 0.152. The van der Waals surface area contributed by atoms with E-state index in [1.807, 2.05) is 25.1 Å². The summed E-state index contributed by atoms with van der Waals surface area (Å²) < 4.78 is 9.82. The number of methoxy groups -OCH3 is 2. The van der Waals surface area contributed by atoms with Gasteiger partial charge >= 0.3 is 5.97 Å². The van der Waals surface area contributed by atoms with E-state index in [2.05, 4.69) is 16.9 Å². The van der Waals surface area contributed by atoms with Gasteiger partial charge in [-0.05, 0) is 19.4 Å². The number of carbonyl (C=O) groups is 1. The molecule has 0 aliphatic carbocycles. The largest absolute Gasteiger partial charge is 0.503 e. The zero-order valence-electron chi connectivity index (χ0n) is 16.4. The van der Waals surface area contributed by atoms with Crippen LogP contribution in [0.2, 0.25) is 0 Å². The van der Waals surface area contributed by atoms with E-state index in [-0.39, 0.29) is 6.61 Å². The van der Waals surface area contributed by atoms with Crippen molar-refractivity contribution in [3.05, 3.63) is 53.8 Å². The van der Waals surface area contributed by atoms with Gasteiger partial charge in [0.1, 0.15) is 30.7 Å². The molecule has 0 aromatic heterocycles. The first-order valence-electron chi connectivity index (χ1n) is 8.25. The number of rotatable bonds is 10. The highest BCUT2D eigenvalue weighted by Gasteiger charge is 2.17. The Labute approximate surface area is 159 Å². The normalized spacial score (nSPS) is 12.4. The summed E-state index contributed by atoms with van der Waals surface area (Å²) in [6, 6.07) is 7.29. The third kappa shape index (κ3) is 6.97. The van der Waals surface area contributed by atoms with Crippen LogP contribution in [0.1, 0.15) is 31.4 Å². The van der Waals surface area contributed by atoms with Crippen LogP contribution in [0.25, 0.3) is 5.57 Å². The highest BCUT2D eigenvalue weighted by Crippen LogP contribution is 2.21. The van der Waals surface area contributed by atoms with Crippen LogP contribution < -0.4 is 0 Å². The Bertz CT molecular complexity index is 750. The van der Waals surface area contributed by atoms with Crippen molar-refractivity contribution in [1.29, 1.82) is 0 Å². The fourth-order valence-corrected chi connectivity index (χ4v) is 2.23. The number of esters is 1. The molecule has 146 valence electrons. The average molecular weight is 374 g/mol. The van der Waals surface area contributed by atoms with Gasteiger partial charge in [-0.15, -0.1) is 0 Å². The molecule has 0 radical (unpaired) electrons. The topological polar surface area (TPSA) is 78.7 Å². The van der Waals surface area contributed by atoms with Crippen LogP contribution in [0.5, 0.6) is 0 Å². The molecule has 0 unspecified atom stereocenters. The molecule has 0 saturated carbocycles. The van der Waals surface area contributed by atoms with E-state index < -0.39 is 5.97 Å². The molecule has 0 bridgehead atoms. The van der Waals surface area contributed by atoms with Gasteiger partial charge in [-0.1, -0.05) is 46.7 Å². The van der Waals surface area contributed by atoms with Crippen molar-refractivity contribution in [3.8, 4) is 0 Å². The SMILES string of the molecule is C=C(C)CC(=N\OC)/C(C)=N/OCc1ccccc1/C(=C\OC)C(=O)OC. The van der Waals surface area contributed by atoms with E-state index in [0.717, 1.165) is 11.1 Å². The Kier molecular flexibility index (Phi) is 9.36. The van der Waals surface area contributed by atoms with Crippen molar-refractivity contribution >= 4 is 23.0 Å². The van der Waals surface area contributed by atoms with Crippen molar-refractivity contribution in [1.82, 2.24) is 0 Å². The summed E-state index contributed by atoms with van der Waals surface area (Å²) in [4.78, 5) is 22.3. The second-order valence-corrected chi connectivity index (χ2v) is 5.72. The molecule has 0 amide bonds. The number of allylic oxidation sites excluding steroid dienone is 1. The van der Waals surface area contributed by atoms with E-state index in [1.165, 1.54) is 27.6 Å². The summed E-state index contributed by atoms with van der Waals surface area (Å²) in [5.41, 5.74) is 3.84. The van der Waals surface area contributed by atoms with Crippen molar-refractivity contribution in [2.24, 2.45) is 10.3 Å². The van der Waals surface area contributed by atoms with Crippen LogP contribution in [0.3, 0.4) is 0 Å². The molecule has 1 aromatic carbocycles. The Balaban J connectivity index is 3.01. The molecule has 0 spiro atoms. The first-order valence-corrected chi connectivity index (χ1v) is 8.25. The fourth-order valence-electron chi connectivity index (χ4n) is 2.23. The molecule has 7 nitrogen and oxygen atoms in total. The van der Waals surface area contributed by atoms with E-state index in [0.29, 0.717) is 29.0 Å². The number of ether oxygens (including phenoxy) is 2. The third-order valence-corrected chi connectivity index (χ3v) is 3.46. The third-order valence-electron chi connectivity index (χ3n) is 3.46. The molecule has 0 aliphatic heterocycles. The van der Waals surface area contributed by atoms with Gasteiger partial charge < -0.3 is 19.1 Å². The quantitative estimate of drug-likeness (QED) is 0.156. The maximum atomic E-state index is 12.0. The second kappa shape index (κ2) is 11.5. The highest BCUT2D eigenvalue weighted by molar-refractivity contribution is 6.41. The van der Waals surface area contributed by atoms with Gasteiger partial charge in [0.2, 0.25) is 0 Å².